The Morgan fingerprint density at radius 2 is 2.08 bits per heavy atom. The Kier molecular flexibility index (Phi) is 4.56. The van der Waals surface area contributed by atoms with Crippen LogP contribution in [0.25, 0.3) is 0 Å². The second kappa shape index (κ2) is 5.23. The Hall–Kier alpha value is 0.270. The maximum atomic E-state index is 10.1. The second-order valence-corrected chi connectivity index (χ2v) is 5.25. The van der Waals surface area contributed by atoms with Crippen LogP contribution in [0.15, 0.2) is 0 Å². The number of nitrogens with one attached hydrogen (secondary N) is 1. The monoisotopic (exact) mass is 203 g/mol. The summed E-state index contributed by atoms with van der Waals surface area (Å²) in [6.45, 7) is 5.10. The van der Waals surface area contributed by atoms with Crippen molar-refractivity contribution in [1.29, 1.82) is 0 Å². The van der Waals surface area contributed by atoms with Gasteiger partial charge in [-0.1, -0.05) is 6.92 Å². The highest BCUT2D eigenvalue weighted by Crippen LogP contribution is 2.26. The summed E-state index contributed by atoms with van der Waals surface area (Å²) in [7, 11) is 0. The van der Waals surface area contributed by atoms with Crippen molar-refractivity contribution in [2.24, 2.45) is 0 Å². The molecule has 1 heterocycles. The lowest BCUT2D eigenvalue weighted by atomic mass is 9.96. The first-order valence-electron chi connectivity index (χ1n) is 5.20. The summed E-state index contributed by atoms with van der Waals surface area (Å²) in [5, 5.41) is 13.5. The van der Waals surface area contributed by atoms with Crippen molar-refractivity contribution < 1.29 is 5.11 Å². The van der Waals surface area contributed by atoms with Gasteiger partial charge in [-0.3, -0.25) is 0 Å². The summed E-state index contributed by atoms with van der Waals surface area (Å²) in [4.78, 5) is 0. The number of hydrogen-bond donors (Lipinski definition) is 2. The van der Waals surface area contributed by atoms with Gasteiger partial charge in [0.1, 0.15) is 0 Å². The first-order valence-corrected chi connectivity index (χ1v) is 6.35. The van der Waals surface area contributed by atoms with Crippen LogP contribution in [-0.4, -0.2) is 34.8 Å². The lowest BCUT2D eigenvalue weighted by Gasteiger charge is -2.33. The summed E-state index contributed by atoms with van der Waals surface area (Å²) in [5.74, 6) is 2.22. The van der Waals surface area contributed by atoms with Gasteiger partial charge in [-0.05, 0) is 37.7 Å². The largest absolute Gasteiger partial charge is 0.389 e. The van der Waals surface area contributed by atoms with Crippen LogP contribution in [0.1, 0.15) is 33.1 Å². The first kappa shape index (κ1) is 11.3. The van der Waals surface area contributed by atoms with Crippen molar-refractivity contribution in [3.05, 3.63) is 0 Å². The van der Waals surface area contributed by atoms with E-state index in [-0.39, 0.29) is 0 Å². The fourth-order valence-corrected chi connectivity index (χ4v) is 2.69. The Balaban J connectivity index is 2.24. The molecule has 1 aliphatic heterocycles. The van der Waals surface area contributed by atoms with Gasteiger partial charge in [0.05, 0.1) is 5.60 Å². The molecule has 2 nitrogen and oxygen atoms in total. The summed E-state index contributed by atoms with van der Waals surface area (Å²) in [6, 6.07) is 0.526. The minimum absolute atomic E-state index is 0.422. The van der Waals surface area contributed by atoms with Gasteiger partial charge in [0.15, 0.2) is 0 Å². The van der Waals surface area contributed by atoms with Crippen LogP contribution in [-0.2, 0) is 0 Å². The Labute approximate surface area is 85.5 Å². The highest BCUT2D eigenvalue weighted by molar-refractivity contribution is 7.99. The molecule has 0 amide bonds. The van der Waals surface area contributed by atoms with Gasteiger partial charge in [-0.15, -0.1) is 0 Å². The zero-order valence-corrected chi connectivity index (χ0v) is 9.49. The maximum Gasteiger partial charge on any atom is 0.0787 e. The van der Waals surface area contributed by atoms with Crippen LogP contribution in [0.2, 0.25) is 0 Å². The van der Waals surface area contributed by atoms with Gasteiger partial charge in [0.25, 0.3) is 0 Å². The van der Waals surface area contributed by atoms with Crippen LogP contribution in [0.4, 0.5) is 0 Å². The highest BCUT2D eigenvalue weighted by Gasteiger charge is 2.29. The Morgan fingerprint density at radius 1 is 1.46 bits per heavy atom. The molecule has 2 N–H and O–H groups in total. The van der Waals surface area contributed by atoms with Gasteiger partial charge in [-0.25, -0.2) is 0 Å². The van der Waals surface area contributed by atoms with Crippen molar-refractivity contribution in [3.63, 3.8) is 0 Å². The fraction of sp³-hybridized carbons (Fsp3) is 1.00. The van der Waals surface area contributed by atoms with Crippen LogP contribution in [0, 0.1) is 0 Å². The average molecular weight is 203 g/mol. The molecule has 0 aromatic carbocycles. The third kappa shape index (κ3) is 3.88. The van der Waals surface area contributed by atoms with E-state index >= 15 is 0 Å². The van der Waals surface area contributed by atoms with E-state index in [0.717, 1.165) is 37.3 Å². The number of hydrogen-bond acceptors (Lipinski definition) is 3. The molecule has 1 atom stereocenters. The minimum atomic E-state index is -0.422. The SMILES string of the molecule is CCC(C)NCC1(O)CCSCC1. The van der Waals surface area contributed by atoms with E-state index in [9.17, 15) is 5.11 Å². The van der Waals surface area contributed by atoms with E-state index < -0.39 is 5.60 Å². The molecule has 1 rings (SSSR count). The van der Waals surface area contributed by atoms with Gasteiger partial charge in [0, 0.05) is 12.6 Å². The molecular weight excluding hydrogens is 182 g/mol. The third-order valence-electron chi connectivity index (χ3n) is 2.82. The van der Waals surface area contributed by atoms with Crippen LogP contribution < -0.4 is 5.32 Å². The summed E-state index contributed by atoms with van der Waals surface area (Å²) < 4.78 is 0. The molecule has 3 heteroatoms. The molecule has 1 saturated heterocycles. The van der Waals surface area contributed by atoms with Crippen LogP contribution in [0.3, 0.4) is 0 Å². The standard InChI is InChI=1S/C10H21NOS/c1-3-9(2)11-8-10(12)4-6-13-7-5-10/h9,11-12H,3-8H2,1-2H3. The van der Waals surface area contributed by atoms with Crippen LogP contribution >= 0.6 is 11.8 Å². The predicted octanol–water partition coefficient (Wildman–Crippen LogP) is 1.63. The summed E-state index contributed by atoms with van der Waals surface area (Å²) >= 11 is 1.95. The van der Waals surface area contributed by atoms with Crippen molar-refractivity contribution in [1.82, 2.24) is 5.32 Å². The Bertz CT molecular complexity index is 146. The van der Waals surface area contributed by atoms with Crippen molar-refractivity contribution in [2.75, 3.05) is 18.1 Å². The molecule has 0 radical (unpaired) electrons. The van der Waals surface area contributed by atoms with E-state index in [1.165, 1.54) is 0 Å². The van der Waals surface area contributed by atoms with E-state index in [4.69, 9.17) is 0 Å². The molecule has 1 aliphatic rings. The minimum Gasteiger partial charge on any atom is -0.389 e. The molecule has 0 spiro atoms. The average Bonchev–Trinajstić information content (AvgIpc) is 2.15. The van der Waals surface area contributed by atoms with Gasteiger partial charge in [0.2, 0.25) is 0 Å². The van der Waals surface area contributed by atoms with Gasteiger partial charge in [-0.2, -0.15) is 11.8 Å². The highest BCUT2D eigenvalue weighted by atomic mass is 32.2. The van der Waals surface area contributed by atoms with Gasteiger partial charge < -0.3 is 10.4 Å². The summed E-state index contributed by atoms with van der Waals surface area (Å²) in [6.07, 6.45) is 3.02. The molecule has 1 fully saturated rings. The number of aliphatic hydroxyl groups is 1. The molecule has 13 heavy (non-hydrogen) atoms. The van der Waals surface area contributed by atoms with E-state index in [1.54, 1.807) is 0 Å². The molecule has 78 valence electrons. The molecule has 0 aromatic rings. The molecule has 0 bridgehead atoms. The zero-order valence-electron chi connectivity index (χ0n) is 8.68. The van der Waals surface area contributed by atoms with Crippen molar-refractivity contribution >= 4 is 11.8 Å². The lowest BCUT2D eigenvalue weighted by molar-refractivity contribution is 0.0300. The zero-order chi connectivity index (χ0) is 9.73. The van der Waals surface area contributed by atoms with E-state index in [0.29, 0.717) is 6.04 Å². The van der Waals surface area contributed by atoms with Crippen molar-refractivity contribution in [2.45, 2.75) is 44.8 Å². The summed E-state index contributed by atoms with van der Waals surface area (Å²) in [5.41, 5.74) is -0.422. The first-order chi connectivity index (χ1) is 6.16. The van der Waals surface area contributed by atoms with Crippen LogP contribution in [0.5, 0.6) is 0 Å². The molecular formula is C10H21NOS. The van der Waals surface area contributed by atoms with Gasteiger partial charge >= 0.3 is 0 Å². The topological polar surface area (TPSA) is 32.3 Å². The fourth-order valence-electron chi connectivity index (χ4n) is 1.44. The molecule has 0 aliphatic carbocycles. The lowest BCUT2D eigenvalue weighted by Crippen LogP contribution is -2.45. The van der Waals surface area contributed by atoms with E-state index in [2.05, 4.69) is 19.2 Å². The predicted molar refractivity (Wildman–Crippen MR) is 59.3 cm³/mol. The normalized spacial score (nSPS) is 24.2. The molecule has 0 aromatic heterocycles. The number of rotatable bonds is 4. The third-order valence-corrected chi connectivity index (χ3v) is 3.80. The smallest absolute Gasteiger partial charge is 0.0787 e. The Morgan fingerprint density at radius 3 is 2.62 bits per heavy atom. The second-order valence-electron chi connectivity index (χ2n) is 4.03. The van der Waals surface area contributed by atoms with E-state index in [1.807, 2.05) is 11.8 Å². The molecule has 0 saturated carbocycles. The van der Waals surface area contributed by atoms with Crippen molar-refractivity contribution in [3.8, 4) is 0 Å². The molecule has 1 unspecified atom stereocenters. The quantitative estimate of drug-likeness (QED) is 0.728. The number of thioether (sulfide) groups is 1. The maximum absolute atomic E-state index is 10.1.